The second kappa shape index (κ2) is 6.70. The molecule has 0 amide bonds. The van der Waals surface area contributed by atoms with Crippen molar-refractivity contribution in [3.63, 3.8) is 0 Å². The Hall–Kier alpha value is -2.44. The largest absolute Gasteiger partial charge is 0.484 e. The number of likely N-dealkylation sites (tertiary alicyclic amines) is 1. The molecule has 2 unspecified atom stereocenters. The first-order chi connectivity index (χ1) is 12.5. The summed E-state index contributed by atoms with van der Waals surface area (Å²) in [4.78, 5) is 2.13. The Bertz CT molecular complexity index is 890. The first-order valence-corrected chi connectivity index (χ1v) is 9.12. The van der Waals surface area contributed by atoms with Crippen LogP contribution in [0.3, 0.4) is 0 Å². The third-order valence-corrected chi connectivity index (χ3v) is 5.54. The highest BCUT2D eigenvalue weighted by molar-refractivity contribution is 5.87. The van der Waals surface area contributed by atoms with Gasteiger partial charge < -0.3 is 10.5 Å². The zero-order valence-corrected chi connectivity index (χ0v) is 15.0. The van der Waals surface area contributed by atoms with Crippen molar-refractivity contribution in [2.75, 3.05) is 13.6 Å². The summed E-state index contributed by atoms with van der Waals surface area (Å²) in [6, 6.07) is 11.8. The number of nitrogens with one attached hydrogen (secondary N) is 2. The summed E-state index contributed by atoms with van der Waals surface area (Å²) in [6.45, 7) is 0.996. The molecule has 6 heteroatoms. The number of hydrogen-bond donors (Lipinski definition) is 3. The van der Waals surface area contributed by atoms with E-state index in [-0.39, 0.29) is 18.2 Å². The molecule has 136 valence electrons. The number of ether oxygens (including phenoxy) is 1. The van der Waals surface area contributed by atoms with Crippen LogP contribution in [0, 0.1) is 10.8 Å². The Morgan fingerprint density at radius 3 is 2.58 bits per heavy atom. The number of benzene rings is 1. The summed E-state index contributed by atoms with van der Waals surface area (Å²) in [6.07, 6.45) is 4.44. The summed E-state index contributed by atoms with van der Waals surface area (Å²) in [5, 5.41) is 16.6. The van der Waals surface area contributed by atoms with Gasteiger partial charge >= 0.3 is 0 Å². The number of fused-ring (bicyclic) bond motifs is 1. The monoisotopic (exact) mass is 351 g/mol. The highest BCUT2D eigenvalue weighted by Gasteiger charge is 2.30. The van der Waals surface area contributed by atoms with E-state index in [4.69, 9.17) is 21.3 Å². The predicted molar refractivity (Wildman–Crippen MR) is 100 cm³/mol. The smallest absolute Gasteiger partial charge is 0.137 e. The van der Waals surface area contributed by atoms with E-state index in [9.17, 15) is 0 Å². The Labute approximate surface area is 153 Å². The van der Waals surface area contributed by atoms with Crippen LogP contribution in [0.4, 0.5) is 0 Å². The minimum absolute atomic E-state index is 0.0448. The summed E-state index contributed by atoms with van der Waals surface area (Å²) in [7, 11) is 2.01. The van der Waals surface area contributed by atoms with Gasteiger partial charge in [0.05, 0.1) is 12.2 Å². The number of likely N-dealkylation sites (N-methyl/N-ethyl adjacent to an activating group) is 1. The van der Waals surface area contributed by atoms with Gasteiger partial charge in [-0.05, 0) is 49.6 Å². The maximum atomic E-state index is 8.45. The lowest BCUT2D eigenvalue weighted by Gasteiger charge is -2.38. The van der Waals surface area contributed by atoms with E-state index in [1.165, 1.54) is 0 Å². The van der Waals surface area contributed by atoms with Crippen molar-refractivity contribution in [1.82, 2.24) is 9.47 Å². The maximum absolute atomic E-state index is 8.45. The van der Waals surface area contributed by atoms with E-state index in [2.05, 4.69) is 17.0 Å². The van der Waals surface area contributed by atoms with Gasteiger partial charge in [0.2, 0.25) is 0 Å². The molecule has 0 radical (unpaired) electrons. The van der Waals surface area contributed by atoms with Crippen molar-refractivity contribution in [2.24, 2.45) is 5.73 Å². The van der Waals surface area contributed by atoms with Crippen LogP contribution in [0.25, 0.3) is 0 Å². The van der Waals surface area contributed by atoms with Crippen molar-refractivity contribution in [2.45, 2.75) is 37.5 Å². The maximum Gasteiger partial charge on any atom is 0.137 e. The topological polar surface area (TPSA) is 91.1 Å². The molecule has 4 N–H and O–H groups in total. The van der Waals surface area contributed by atoms with Gasteiger partial charge in [0, 0.05) is 12.6 Å². The van der Waals surface area contributed by atoms with Gasteiger partial charge in [0.25, 0.3) is 0 Å². The Morgan fingerprint density at radius 2 is 1.88 bits per heavy atom. The van der Waals surface area contributed by atoms with Crippen LogP contribution >= 0.6 is 0 Å². The molecule has 0 bridgehead atoms. The van der Waals surface area contributed by atoms with Gasteiger partial charge in [-0.1, -0.05) is 24.3 Å². The molecule has 6 nitrogen and oxygen atoms in total. The number of hydrogen-bond acceptors (Lipinski definition) is 5. The number of nitrogens with two attached hydrogens (primary N) is 1. The normalized spacial score (nSPS) is 25.2. The molecule has 1 saturated heterocycles. The number of pyridine rings is 1. The third kappa shape index (κ3) is 2.95. The van der Waals surface area contributed by atoms with Crippen LogP contribution in [0.5, 0.6) is 5.75 Å². The molecule has 0 spiro atoms. The first kappa shape index (κ1) is 17.0. The molecule has 26 heavy (non-hydrogen) atoms. The zero-order valence-electron chi connectivity index (χ0n) is 15.0. The predicted octanol–water partition coefficient (Wildman–Crippen LogP) is 2.41. The van der Waals surface area contributed by atoms with E-state index >= 15 is 0 Å². The van der Waals surface area contributed by atoms with Crippen LogP contribution < -0.4 is 16.0 Å². The molecule has 1 aliphatic carbocycles. The molecular weight excluding hydrogens is 326 g/mol. The van der Waals surface area contributed by atoms with E-state index in [1.54, 1.807) is 16.8 Å². The summed E-state index contributed by atoms with van der Waals surface area (Å²) in [5.74, 6) is 1.11. The Balaban J connectivity index is 1.60. The number of rotatable bonds is 3. The Morgan fingerprint density at radius 1 is 1.12 bits per heavy atom. The highest BCUT2D eigenvalue weighted by Crippen LogP contribution is 2.37. The second-order valence-electron chi connectivity index (χ2n) is 7.21. The fraction of sp³-hybridized carbons (Fsp3) is 0.400. The molecule has 1 aromatic carbocycles. The van der Waals surface area contributed by atoms with Crippen molar-refractivity contribution in [3.8, 4) is 5.75 Å². The van der Waals surface area contributed by atoms with Crippen LogP contribution in [-0.4, -0.2) is 34.9 Å². The van der Waals surface area contributed by atoms with Gasteiger partial charge in [0.1, 0.15) is 23.2 Å². The number of nitrogens with zero attached hydrogens (tertiary/aromatic N) is 2. The van der Waals surface area contributed by atoms with Crippen molar-refractivity contribution in [1.29, 1.82) is 10.8 Å². The molecule has 0 saturated carbocycles. The lowest BCUT2D eigenvalue weighted by molar-refractivity contribution is 0.173. The van der Waals surface area contributed by atoms with Gasteiger partial charge in [-0.25, -0.2) is 0 Å². The molecular formula is C20H25N5O. The van der Waals surface area contributed by atoms with Crippen LogP contribution in [0.2, 0.25) is 0 Å². The molecule has 1 aromatic heterocycles. The van der Waals surface area contributed by atoms with E-state index in [0.29, 0.717) is 17.1 Å². The molecule has 2 aliphatic rings. The lowest BCUT2D eigenvalue weighted by atomic mass is 9.86. The minimum Gasteiger partial charge on any atom is -0.484 e. The molecule has 1 fully saturated rings. The molecule has 3 atom stereocenters. The van der Waals surface area contributed by atoms with E-state index in [1.807, 2.05) is 25.2 Å². The average molecular weight is 351 g/mol. The van der Waals surface area contributed by atoms with E-state index in [0.717, 1.165) is 36.9 Å². The van der Waals surface area contributed by atoms with Crippen LogP contribution in [0.1, 0.15) is 42.5 Å². The second-order valence-corrected chi connectivity index (χ2v) is 7.21. The average Bonchev–Trinajstić information content (AvgIpc) is 2.64. The molecule has 2 aromatic rings. The van der Waals surface area contributed by atoms with E-state index < -0.39 is 0 Å². The van der Waals surface area contributed by atoms with Crippen molar-refractivity contribution in [3.05, 3.63) is 59.2 Å². The lowest BCUT2D eigenvalue weighted by Crippen LogP contribution is -2.53. The zero-order chi connectivity index (χ0) is 18.3. The quantitative estimate of drug-likeness (QED) is 0.586. The minimum atomic E-state index is -0.0448. The summed E-state index contributed by atoms with van der Waals surface area (Å²) in [5.41, 5.74) is 8.83. The molecule has 2 heterocycles. The number of aromatic nitrogens is 1. The summed E-state index contributed by atoms with van der Waals surface area (Å²) < 4.78 is 7.89. The summed E-state index contributed by atoms with van der Waals surface area (Å²) >= 11 is 0. The van der Waals surface area contributed by atoms with Crippen molar-refractivity contribution >= 4 is 5.84 Å². The van der Waals surface area contributed by atoms with Crippen molar-refractivity contribution < 1.29 is 4.74 Å². The third-order valence-electron chi connectivity index (χ3n) is 5.54. The Kier molecular flexibility index (Phi) is 4.38. The van der Waals surface area contributed by atoms with Gasteiger partial charge in [-0.2, -0.15) is 0 Å². The fourth-order valence-corrected chi connectivity index (χ4v) is 3.84. The van der Waals surface area contributed by atoms with Gasteiger partial charge in [-0.3, -0.25) is 20.3 Å². The van der Waals surface area contributed by atoms with Gasteiger partial charge in [-0.15, -0.1) is 0 Å². The van der Waals surface area contributed by atoms with Gasteiger partial charge in [0.15, 0.2) is 0 Å². The molecule has 4 rings (SSSR count). The fourth-order valence-electron chi connectivity index (χ4n) is 3.84. The van der Waals surface area contributed by atoms with Crippen LogP contribution in [0.15, 0.2) is 42.6 Å². The SMILES string of the molecule is CN1CC[C@H]1C(=N)n1cc(OC2CCC(N)c3ccccc32)ccc1=N. The highest BCUT2D eigenvalue weighted by atomic mass is 16.5. The first-order valence-electron chi connectivity index (χ1n) is 9.12. The molecule has 1 aliphatic heterocycles. The standard InChI is InChI=1S/C20H25N5O/c1-24-11-10-17(24)20(23)25-12-13(6-9-19(25)22)26-18-8-7-16(21)14-4-2-3-5-15(14)18/h2-6,9,12,16-18,22-23H,7-8,10-11,21H2,1H3/t16?,17-,18?/m0/s1. The van der Waals surface area contributed by atoms with Crippen LogP contribution in [-0.2, 0) is 0 Å².